The number of aliphatic hydroxyl groups excluding tert-OH is 1. The molecule has 0 amide bonds. The lowest BCUT2D eigenvalue weighted by atomic mass is 10.1. The lowest BCUT2D eigenvalue weighted by molar-refractivity contribution is 0.123. The highest BCUT2D eigenvalue weighted by atomic mass is 16.5. The van der Waals surface area contributed by atoms with Crippen LogP contribution in [0.3, 0.4) is 0 Å². The number of methoxy groups -OCH3 is 3. The van der Waals surface area contributed by atoms with Crippen LogP contribution in [0.2, 0.25) is 0 Å². The van der Waals surface area contributed by atoms with Gasteiger partial charge < -0.3 is 24.6 Å². The molecule has 0 aliphatic heterocycles. The SMILES string of the molecule is COCC(CO)NC(C)c1ccc(OC)c(OC)c1. The molecule has 0 fully saturated rings. The molecule has 5 heteroatoms. The Balaban J connectivity index is 2.78. The van der Waals surface area contributed by atoms with Gasteiger partial charge in [-0.3, -0.25) is 0 Å². The number of aliphatic hydroxyl groups is 1. The summed E-state index contributed by atoms with van der Waals surface area (Å²) in [6.07, 6.45) is 0. The molecule has 0 aromatic heterocycles. The zero-order chi connectivity index (χ0) is 14.3. The quantitative estimate of drug-likeness (QED) is 0.746. The van der Waals surface area contributed by atoms with E-state index in [0.29, 0.717) is 18.1 Å². The highest BCUT2D eigenvalue weighted by molar-refractivity contribution is 5.43. The first-order valence-corrected chi connectivity index (χ1v) is 6.24. The highest BCUT2D eigenvalue weighted by Crippen LogP contribution is 2.29. The molecule has 0 aliphatic carbocycles. The first-order valence-electron chi connectivity index (χ1n) is 6.24. The van der Waals surface area contributed by atoms with Crippen LogP contribution in [-0.4, -0.2) is 45.7 Å². The predicted molar refractivity (Wildman–Crippen MR) is 73.8 cm³/mol. The van der Waals surface area contributed by atoms with Gasteiger partial charge in [-0.15, -0.1) is 0 Å². The van der Waals surface area contributed by atoms with Crippen molar-refractivity contribution in [1.82, 2.24) is 5.32 Å². The van der Waals surface area contributed by atoms with Gasteiger partial charge in [0.25, 0.3) is 0 Å². The van der Waals surface area contributed by atoms with E-state index in [-0.39, 0.29) is 18.7 Å². The predicted octanol–water partition coefficient (Wildman–Crippen LogP) is 1.36. The summed E-state index contributed by atoms with van der Waals surface area (Å²) in [6, 6.07) is 5.76. The average Bonchev–Trinajstić information content (AvgIpc) is 2.45. The maximum Gasteiger partial charge on any atom is 0.161 e. The number of nitrogens with one attached hydrogen (secondary N) is 1. The second-order valence-corrected chi connectivity index (χ2v) is 4.34. The van der Waals surface area contributed by atoms with Gasteiger partial charge in [0.05, 0.1) is 33.5 Å². The highest BCUT2D eigenvalue weighted by Gasteiger charge is 2.14. The zero-order valence-electron chi connectivity index (χ0n) is 12.0. The van der Waals surface area contributed by atoms with E-state index < -0.39 is 0 Å². The summed E-state index contributed by atoms with van der Waals surface area (Å²) >= 11 is 0. The number of hydrogen-bond donors (Lipinski definition) is 2. The molecule has 108 valence electrons. The smallest absolute Gasteiger partial charge is 0.161 e. The molecule has 0 saturated carbocycles. The summed E-state index contributed by atoms with van der Waals surface area (Å²) in [6.45, 7) is 2.53. The standard InChI is InChI=1S/C14H23NO4/c1-10(15-12(8-16)9-17-2)11-5-6-13(18-3)14(7-11)19-4/h5-7,10,12,15-16H,8-9H2,1-4H3. The van der Waals surface area contributed by atoms with Gasteiger partial charge in [0.2, 0.25) is 0 Å². The summed E-state index contributed by atoms with van der Waals surface area (Å²) in [5.74, 6) is 1.40. The molecule has 0 radical (unpaired) electrons. The number of rotatable bonds is 8. The van der Waals surface area contributed by atoms with Gasteiger partial charge in [0, 0.05) is 13.2 Å². The topological polar surface area (TPSA) is 60.0 Å². The Labute approximate surface area is 114 Å². The second-order valence-electron chi connectivity index (χ2n) is 4.34. The van der Waals surface area contributed by atoms with Crippen molar-refractivity contribution in [3.05, 3.63) is 23.8 Å². The Morgan fingerprint density at radius 2 is 1.84 bits per heavy atom. The molecule has 1 aromatic carbocycles. The van der Waals surface area contributed by atoms with E-state index in [2.05, 4.69) is 5.32 Å². The van der Waals surface area contributed by atoms with Crippen molar-refractivity contribution < 1.29 is 19.3 Å². The van der Waals surface area contributed by atoms with Gasteiger partial charge in [-0.1, -0.05) is 6.07 Å². The van der Waals surface area contributed by atoms with Crippen LogP contribution >= 0.6 is 0 Å². The molecule has 2 atom stereocenters. The fraction of sp³-hybridized carbons (Fsp3) is 0.571. The fourth-order valence-corrected chi connectivity index (χ4v) is 1.93. The summed E-state index contributed by atoms with van der Waals surface area (Å²) in [5, 5.41) is 12.5. The van der Waals surface area contributed by atoms with Crippen molar-refractivity contribution in [1.29, 1.82) is 0 Å². The van der Waals surface area contributed by atoms with Crippen LogP contribution in [0, 0.1) is 0 Å². The first-order chi connectivity index (χ1) is 9.15. The Bertz CT molecular complexity index is 384. The third-order valence-corrected chi connectivity index (χ3v) is 2.98. The van der Waals surface area contributed by atoms with Gasteiger partial charge in [-0.05, 0) is 24.6 Å². The van der Waals surface area contributed by atoms with E-state index in [1.807, 2.05) is 25.1 Å². The van der Waals surface area contributed by atoms with Crippen LogP contribution < -0.4 is 14.8 Å². The van der Waals surface area contributed by atoms with Crippen molar-refractivity contribution >= 4 is 0 Å². The van der Waals surface area contributed by atoms with Gasteiger partial charge in [-0.2, -0.15) is 0 Å². The summed E-state index contributed by atoms with van der Waals surface area (Å²) < 4.78 is 15.5. The zero-order valence-corrected chi connectivity index (χ0v) is 12.0. The fourth-order valence-electron chi connectivity index (χ4n) is 1.93. The third-order valence-electron chi connectivity index (χ3n) is 2.98. The molecule has 5 nitrogen and oxygen atoms in total. The van der Waals surface area contributed by atoms with E-state index >= 15 is 0 Å². The summed E-state index contributed by atoms with van der Waals surface area (Å²) in [4.78, 5) is 0. The van der Waals surface area contributed by atoms with Crippen LogP contribution in [0.4, 0.5) is 0 Å². The summed E-state index contributed by atoms with van der Waals surface area (Å²) in [7, 11) is 4.84. The minimum absolute atomic E-state index is 0.0332. The van der Waals surface area contributed by atoms with Gasteiger partial charge >= 0.3 is 0 Å². The molecule has 2 N–H and O–H groups in total. The van der Waals surface area contributed by atoms with Crippen LogP contribution in [-0.2, 0) is 4.74 Å². The molecular formula is C14H23NO4. The third kappa shape index (κ3) is 4.38. The molecule has 1 rings (SSSR count). The molecule has 0 bridgehead atoms. The minimum Gasteiger partial charge on any atom is -0.493 e. The van der Waals surface area contributed by atoms with Gasteiger partial charge in [-0.25, -0.2) is 0 Å². The number of ether oxygens (including phenoxy) is 3. The van der Waals surface area contributed by atoms with Crippen molar-refractivity contribution in [3.63, 3.8) is 0 Å². The van der Waals surface area contributed by atoms with E-state index in [0.717, 1.165) is 5.56 Å². The van der Waals surface area contributed by atoms with Gasteiger partial charge in [0.1, 0.15) is 0 Å². The Hall–Kier alpha value is -1.30. The average molecular weight is 269 g/mol. The van der Waals surface area contributed by atoms with Crippen LogP contribution in [0.1, 0.15) is 18.5 Å². The lowest BCUT2D eigenvalue weighted by Crippen LogP contribution is -2.38. The molecule has 0 heterocycles. The molecule has 2 unspecified atom stereocenters. The Morgan fingerprint density at radius 3 is 2.37 bits per heavy atom. The molecule has 19 heavy (non-hydrogen) atoms. The number of benzene rings is 1. The Kier molecular flexibility index (Phi) is 6.62. The van der Waals surface area contributed by atoms with Crippen LogP contribution in [0.15, 0.2) is 18.2 Å². The number of hydrogen-bond acceptors (Lipinski definition) is 5. The second kappa shape index (κ2) is 7.99. The van der Waals surface area contributed by atoms with E-state index in [4.69, 9.17) is 14.2 Å². The first kappa shape index (κ1) is 15.8. The molecular weight excluding hydrogens is 246 g/mol. The van der Waals surface area contributed by atoms with Crippen molar-refractivity contribution in [2.45, 2.75) is 19.0 Å². The molecule has 0 spiro atoms. The van der Waals surface area contributed by atoms with E-state index in [9.17, 15) is 5.11 Å². The monoisotopic (exact) mass is 269 g/mol. The van der Waals surface area contributed by atoms with Crippen molar-refractivity contribution in [3.8, 4) is 11.5 Å². The maximum atomic E-state index is 9.25. The molecule has 0 aliphatic rings. The lowest BCUT2D eigenvalue weighted by Gasteiger charge is -2.22. The summed E-state index contributed by atoms with van der Waals surface area (Å²) in [5.41, 5.74) is 1.06. The van der Waals surface area contributed by atoms with E-state index in [1.165, 1.54) is 0 Å². The minimum atomic E-state index is -0.0897. The van der Waals surface area contributed by atoms with Crippen LogP contribution in [0.25, 0.3) is 0 Å². The molecule has 0 saturated heterocycles. The van der Waals surface area contributed by atoms with Crippen molar-refractivity contribution in [2.24, 2.45) is 0 Å². The van der Waals surface area contributed by atoms with Crippen molar-refractivity contribution in [2.75, 3.05) is 34.5 Å². The van der Waals surface area contributed by atoms with Gasteiger partial charge in [0.15, 0.2) is 11.5 Å². The molecule has 1 aromatic rings. The normalized spacial score (nSPS) is 13.9. The van der Waals surface area contributed by atoms with Crippen LogP contribution in [0.5, 0.6) is 11.5 Å². The largest absolute Gasteiger partial charge is 0.493 e. The Morgan fingerprint density at radius 1 is 1.16 bits per heavy atom. The van der Waals surface area contributed by atoms with E-state index in [1.54, 1.807) is 21.3 Å². The maximum absolute atomic E-state index is 9.25.